The molecule has 1 aromatic carbocycles. The van der Waals surface area contributed by atoms with E-state index in [1.807, 2.05) is 0 Å². The van der Waals surface area contributed by atoms with Crippen LogP contribution in [0.15, 0.2) is 18.2 Å². The van der Waals surface area contributed by atoms with Crippen molar-refractivity contribution < 1.29 is 23.4 Å². The van der Waals surface area contributed by atoms with Gasteiger partial charge < -0.3 is 20.5 Å². The van der Waals surface area contributed by atoms with Crippen molar-refractivity contribution in [2.45, 2.75) is 13.3 Å². The largest absolute Gasteiger partial charge is 0.462 e. The minimum absolute atomic E-state index is 0.0350. The Balaban J connectivity index is 2.97. The SMILES string of the molecule is CCOC(=O)c1ccc(N(CCO)CC(F)F)c(N)c1. The van der Waals surface area contributed by atoms with Crippen LogP contribution in [0, 0.1) is 0 Å². The lowest BCUT2D eigenvalue weighted by Gasteiger charge is -2.25. The molecule has 0 aromatic heterocycles. The average molecular weight is 288 g/mol. The zero-order valence-electron chi connectivity index (χ0n) is 11.2. The molecule has 0 bridgehead atoms. The maximum atomic E-state index is 12.5. The summed E-state index contributed by atoms with van der Waals surface area (Å²) in [6, 6.07) is 4.31. The van der Waals surface area contributed by atoms with E-state index in [1.54, 1.807) is 6.92 Å². The molecule has 0 unspecified atom stereocenters. The Morgan fingerprint density at radius 2 is 2.20 bits per heavy atom. The van der Waals surface area contributed by atoms with Crippen molar-refractivity contribution in [3.63, 3.8) is 0 Å². The molecule has 0 aliphatic heterocycles. The average Bonchev–Trinajstić information content (AvgIpc) is 2.38. The summed E-state index contributed by atoms with van der Waals surface area (Å²) in [7, 11) is 0. The lowest BCUT2D eigenvalue weighted by molar-refractivity contribution is 0.0526. The number of nitrogen functional groups attached to an aromatic ring is 1. The van der Waals surface area contributed by atoms with Crippen molar-refractivity contribution >= 4 is 17.3 Å². The predicted octanol–water partition coefficient (Wildman–Crippen LogP) is 1.51. The van der Waals surface area contributed by atoms with E-state index < -0.39 is 18.9 Å². The van der Waals surface area contributed by atoms with Crippen molar-refractivity contribution in [1.29, 1.82) is 0 Å². The number of nitrogens with zero attached hydrogens (tertiary/aromatic N) is 1. The molecular formula is C13H18F2N2O3. The molecule has 0 saturated carbocycles. The van der Waals surface area contributed by atoms with Gasteiger partial charge in [0.1, 0.15) is 0 Å². The highest BCUT2D eigenvalue weighted by molar-refractivity contribution is 5.92. The number of hydrogen-bond acceptors (Lipinski definition) is 5. The first-order chi connectivity index (χ1) is 9.49. The van der Waals surface area contributed by atoms with Gasteiger partial charge in [0, 0.05) is 6.54 Å². The number of esters is 1. The van der Waals surface area contributed by atoms with E-state index >= 15 is 0 Å². The number of carbonyl (C=O) groups is 1. The molecule has 0 spiro atoms. The van der Waals surface area contributed by atoms with Crippen molar-refractivity contribution in [2.24, 2.45) is 0 Å². The first-order valence-corrected chi connectivity index (χ1v) is 6.20. The third-order valence-corrected chi connectivity index (χ3v) is 2.61. The molecule has 0 aliphatic rings. The van der Waals surface area contributed by atoms with Crippen molar-refractivity contribution in [1.82, 2.24) is 0 Å². The van der Waals surface area contributed by atoms with Gasteiger partial charge in [0.2, 0.25) is 0 Å². The number of hydrogen-bond donors (Lipinski definition) is 2. The molecule has 0 radical (unpaired) electrons. The monoisotopic (exact) mass is 288 g/mol. The third-order valence-electron chi connectivity index (χ3n) is 2.61. The highest BCUT2D eigenvalue weighted by Gasteiger charge is 2.16. The molecule has 0 aliphatic carbocycles. The highest BCUT2D eigenvalue weighted by atomic mass is 19.3. The Bertz CT molecular complexity index is 455. The van der Waals surface area contributed by atoms with Gasteiger partial charge in [-0.25, -0.2) is 13.6 Å². The summed E-state index contributed by atoms with van der Waals surface area (Å²) >= 11 is 0. The van der Waals surface area contributed by atoms with Gasteiger partial charge in [0.15, 0.2) is 0 Å². The Labute approximate surface area is 115 Å². The number of rotatable bonds is 7. The fourth-order valence-corrected chi connectivity index (χ4v) is 1.78. The van der Waals surface area contributed by atoms with Gasteiger partial charge in [-0.15, -0.1) is 0 Å². The fourth-order valence-electron chi connectivity index (χ4n) is 1.78. The molecule has 3 N–H and O–H groups in total. The number of benzene rings is 1. The number of aliphatic hydroxyl groups is 1. The van der Waals surface area contributed by atoms with Crippen LogP contribution in [0.5, 0.6) is 0 Å². The normalized spacial score (nSPS) is 10.7. The van der Waals surface area contributed by atoms with Crippen molar-refractivity contribution in [3.05, 3.63) is 23.8 Å². The van der Waals surface area contributed by atoms with E-state index in [9.17, 15) is 13.6 Å². The molecular weight excluding hydrogens is 270 g/mol. The summed E-state index contributed by atoms with van der Waals surface area (Å²) in [6.45, 7) is 1.15. The van der Waals surface area contributed by atoms with Gasteiger partial charge in [-0.3, -0.25) is 0 Å². The van der Waals surface area contributed by atoms with Gasteiger partial charge in [0.05, 0.1) is 36.7 Å². The first kappa shape index (κ1) is 16.2. The number of aliphatic hydroxyl groups excluding tert-OH is 1. The van der Waals surface area contributed by atoms with E-state index in [1.165, 1.54) is 23.1 Å². The molecule has 1 aromatic rings. The van der Waals surface area contributed by atoms with Gasteiger partial charge in [0.25, 0.3) is 6.43 Å². The quantitative estimate of drug-likeness (QED) is 0.587. The second kappa shape index (κ2) is 7.64. The second-order valence-electron chi connectivity index (χ2n) is 4.05. The van der Waals surface area contributed by atoms with Crippen LogP contribution in [0.3, 0.4) is 0 Å². The zero-order chi connectivity index (χ0) is 15.1. The van der Waals surface area contributed by atoms with Crippen molar-refractivity contribution in [2.75, 3.05) is 36.9 Å². The number of alkyl halides is 2. The van der Waals surface area contributed by atoms with E-state index in [0.29, 0.717) is 5.69 Å². The molecule has 5 nitrogen and oxygen atoms in total. The Morgan fingerprint density at radius 1 is 1.50 bits per heavy atom. The molecule has 0 fully saturated rings. The molecule has 0 amide bonds. The first-order valence-electron chi connectivity index (χ1n) is 6.20. The molecule has 0 saturated heterocycles. The molecule has 1 rings (SSSR count). The summed E-state index contributed by atoms with van der Waals surface area (Å²) in [4.78, 5) is 12.8. The Kier molecular flexibility index (Phi) is 6.17. The molecule has 0 atom stereocenters. The molecule has 7 heteroatoms. The van der Waals surface area contributed by atoms with Gasteiger partial charge in [-0.2, -0.15) is 0 Å². The van der Waals surface area contributed by atoms with Crippen LogP contribution in [0.4, 0.5) is 20.2 Å². The third kappa shape index (κ3) is 4.34. The standard InChI is InChI=1S/C13H18F2N2O3/c1-2-20-13(19)9-3-4-11(10(16)7-9)17(5-6-18)8-12(14)15/h3-4,7,12,18H,2,5-6,8,16H2,1H3. The lowest BCUT2D eigenvalue weighted by Crippen LogP contribution is -2.32. The molecule has 0 heterocycles. The van der Waals surface area contributed by atoms with Gasteiger partial charge >= 0.3 is 5.97 Å². The van der Waals surface area contributed by atoms with Gasteiger partial charge in [-0.1, -0.05) is 0 Å². The van der Waals surface area contributed by atoms with Crippen LogP contribution in [0.25, 0.3) is 0 Å². The van der Waals surface area contributed by atoms with E-state index in [-0.39, 0.29) is 31.0 Å². The Morgan fingerprint density at radius 3 is 2.70 bits per heavy atom. The summed E-state index contributed by atoms with van der Waals surface area (Å²) in [5.74, 6) is -0.520. The predicted molar refractivity (Wildman–Crippen MR) is 72.1 cm³/mol. The fraction of sp³-hybridized carbons (Fsp3) is 0.462. The topological polar surface area (TPSA) is 75.8 Å². The summed E-state index contributed by atoms with van der Waals surface area (Å²) < 4.78 is 29.8. The maximum Gasteiger partial charge on any atom is 0.338 e. The summed E-state index contributed by atoms with van der Waals surface area (Å²) in [6.07, 6.45) is -2.55. The van der Waals surface area contributed by atoms with Crippen LogP contribution in [-0.2, 0) is 4.74 Å². The number of ether oxygens (including phenoxy) is 1. The van der Waals surface area contributed by atoms with E-state index in [0.717, 1.165) is 0 Å². The summed E-state index contributed by atoms with van der Waals surface area (Å²) in [5.41, 5.74) is 6.58. The van der Waals surface area contributed by atoms with Crippen LogP contribution >= 0.6 is 0 Å². The van der Waals surface area contributed by atoms with E-state index in [2.05, 4.69) is 0 Å². The number of carbonyl (C=O) groups excluding carboxylic acids is 1. The van der Waals surface area contributed by atoms with Gasteiger partial charge in [-0.05, 0) is 25.1 Å². The molecule has 112 valence electrons. The lowest BCUT2D eigenvalue weighted by atomic mass is 10.1. The number of anilines is 2. The smallest absolute Gasteiger partial charge is 0.338 e. The van der Waals surface area contributed by atoms with Crippen LogP contribution in [0.1, 0.15) is 17.3 Å². The molecule has 20 heavy (non-hydrogen) atoms. The van der Waals surface area contributed by atoms with Crippen molar-refractivity contribution in [3.8, 4) is 0 Å². The second-order valence-corrected chi connectivity index (χ2v) is 4.05. The van der Waals surface area contributed by atoms with Crippen LogP contribution in [0.2, 0.25) is 0 Å². The number of nitrogens with two attached hydrogens (primary N) is 1. The zero-order valence-corrected chi connectivity index (χ0v) is 11.2. The van der Waals surface area contributed by atoms with Crippen LogP contribution < -0.4 is 10.6 Å². The minimum Gasteiger partial charge on any atom is -0.462 e. The summed E-state index contributed by atoms with van der Waals surface area (Å²) in [5, 5.41) is 8.91. The number of halogens is 2. The van der Waals surface area contributed by atoms with Crippen LogP contribution in [-0.4, -0.2) is 43.8 Å². The maximum absolute atomic E-state index is 12.5. The highest BCUT2D eigenvalue weighted by Crippen LogP contribution is 2.25. The minimum atomic E-state index is -2.55. The Hall–Kier alpha value is -1.89. The van der Waals surface area contributed by atoms with E-state index in [4.69, 9.17) is 15.6 Å².